The molecule has 2 unspecified atom stereocenters. The molecular weight excluding hydrogens is 1140 g/mol. The van der Waals surface area contributed by atoms with Gasteiger partial charge < -0.3 is 24.0 Å². The molecular formula is C64H62F2N8O10S2. The molecule has 2 aliphatic heterocycles. The van der Waals surface area contributed by atoms with Gasteiger partial charge in [0.2, 0.25) is 20.0 Å². The highest BCUT2D eigenvalue weighted by molar-refractivity contribution is 7.92. The Labute approximate surface area is 497 Å². The van der Waals surface area contributed by atoms with E-state index >= 15 is 0 Å². The second-order valence-corrected chi connectivity index (χ2v) is 24.6. The van der Waals surface area contributed by atoms with Crippen molar-refractivity contribution >= 4 is 76.7 Å². The molecule has 10 rings (SSSR count). The quantitative estimate of drug-likeness (QED) is 0.0855. The van der Waals surface area contributed by atoms with E-state index in [-0.39, 0.29) is 96.5 Å². The highest BCUT2D eigenvalue weighted by Crippen LogP contribution is 2.44. The van der Waals surface area contributed by atoms with Gasteiger partial charge in [0.1, 0.15) is 46.4 Å². The van der Waals surface area contributed by atoms with Crippen molar-refractivity contribution in [3.8, 4) is 57.0 Å². The minimum Gasteiger partial charge on any atom is -0.455 e. The van der Waals surface area contributed by atoms with E-state index in [0.717, 1.165) is 33.6 Å². The van der Waals surface area contributed by atoms with Crippen LogP contribution < -0.4 is 14.9 Å². The third-order valence-corrected chi connectivity index (χ3v) is 17.6. The molecule has 18 nitrogen and oxygen atoms in total. The van der Waals surface area contributed by atoms with Crippen LogP contribution in [0.3, 0.4) is 0 Å². The van der Waals surface area contributed by atoms with E-state index in [9.17, 15) is 55.3 Å². The standard InChI is InChI=1S/C33H33FN4O7S2.C31H29FN4O3/c1-5-29(39)31-27-17-26(22-8-7-9-23(16-22)33(40)36-14-15-38(47(4,43)44)25(19-35)20-36)28(37(6-2)46(3,41)42)18-30(27)45-32(31)21-10-12-24(34)13-11-21;1-3-27(37)29-25-15-24(20-6-5-7-21(14-20)31(38)36-13-12-35-23(17-33)18-36)26(34-4-2)16-28(25)39-30(29)19-8-10-22(32)11-9-19/h7-13,16-18,25H,5-6,14-15,20H2,1-4H3;5-11,14-16,23,34-35H,3-4,12-13,18H2,1-2H3. The lowest BCUT2D eigenvalue weighted by molar-refractivity contribution is 0.0664. The Kier molecular flexibility index (Phi) is 18.3. The summed E-state index contributed by atoms with van der Waals surface area (Å²) in [6.07, 6.45) is 2.52. The largest absolute Gasteiger partial charge is 0.455 e. The summed E-state index contributed by atoms with van der Waals surface area (Å²) in [5.41, 5.74) is 6.95. The number of halogens is 2. The molecule has 4 heterocycles. The van der Waals surface area contributed by atoms with Crippen LogP contribution in [0.5, 0.6) is 0 Å². The average molecular weight is 1210 g/mol. The Hall–Kier alpha value is -9.06. The lowest BCUT2D eigenvalue weighted by atomic mass is 9.95. The van der Waals surface area contributed by atoms with Gasteiger partial charge in [-0.25, -0.2) is 25.6 Å². The fourth-order valence-corrected chi connectivity index (χ4v) is 12.8. The molecule has 2 amide bonds. The first-order valence-electron chi connectivity index (χ1n) is 27.9. The smallest absolute Gasteiger partial charge is 0.254 e. The summed E-state index contributed by atoms with van der Waals surface area (Å²) in [7, 11) is -7.44. The number of furan rings is 2. The minimum absolute atomic E-state index is 0.0335. The third-order valence-electron chi connectivity index (χ3n) is 15.0. The summed E-state index contributed by atoms with van der Waals surface area (Å²) in [5, 5.41) is 26.5. The number of hydrogen-bond acceptors (Lipinski definition) is 14. The van der Waals surface area contributed by atoms with Gasteiger partial charge in [-0.1, -0.05) is 38.1 Å². The number of anilines is 2. The number of rotatable bonds is 16. The first kappa shape index (κ1) is 61.5. The number of hydrogen-bond donors (Lipinski definition) is 2. The Bertz CT molecular complexity index is 4270. The molecule has 444 valence electrons. The SMILES string of the molecule is CCC(=O)c1c(-c2ccc(F)cc2)oc2cc(N(CC)S(C)(=O)=O)c(-c3cccc(C(=O)N4CCN(S(C)(=O)=O)C(C#N)C4)c3)cc12.CCNc1cc2oc(-c3ccc(F)cc3)c(C(=O)CC)c2cc1-c1cccc(C(=O)N2CCNC(C#N)C2)c1. The lowest BCUT2D eigenvalue weighted by Gasteiger charge is -2.36. The van der Waals surface area contributed by atoms with Gasteiger partial charge in [0.15, 0.2) is 11.6 Å². The molecule has 0 spiro atoms. The highest BCUT2D eigenvalue weighted by atomic mass is 32.2. The predicted molar refractivity (Wildman–Crippen MR) is 326 cm³/mol. The minimum atomic E-state index is -3.79. The number of benzene rings is 6. The van der Waals surface area contributed by atoms with Crippen LogP contribution >= 0.6 is 0 Å². The fraction of sp³-hybridized carbons (Fsp3) is 0.281. The van der Waals surface area contributed by atoms with Crippen LogP contribution in [0, 0.1) is 34.3 Å². The molecule has 0 radical (unpaired) electrons. The van der Waals surface area contributed by atoms with E-state index in [2.05, 4.69) is 16.7 Å². The van der Waals surface area contributed by atoms with Crippen LogP contribution in [-0.4, -0.2) is 131 Å². The number of nitriles is 2. The summed E-state index contributed by atoms with van der Waals surface area (Å²) in [6, 6.07) is 35.0. The number of amides is 2. The Balaban J connectivity index is 0.000000209. The summed E-state index contributed by atoms with van der Waals surface area (Å²) >= 11 is 0. The monoisotopic (exact) mass is 1200 g/mol. The van der Waals surface area contributed by atoms with Crippen LogP contribution in [-0.2, 0) is 20.0 Å². The summed E-state index contributed by atoms with van der Waals surface area (Å²) in [6.45, 7) is 9.24. The number of sulfonamides is 2. The maximum absolute atomic E-state index is 13.7. The fourth-order valence-electron chi connectivity index (χ4n) is 10.9. The van der Waals surface area contributed by atoms with Crippen molar-refractivity contribution in [2.24, 2.45) is 0 Å². The van der Waals surface area contributed by atoms with E-state index < -0.39 is 37.8 Å². The number of ketones is 2. The molecule has 6 aromatic carbocycles. The van der Waals surface area contributed by atoms with Gasteiger partial charge in [-0.2, -0.15) is 14.8 Å². The zero-order chi connectivity index (χ0) is 61.8. The van der Waals surface area contributed by atoms with Crippen molar-refractivity contribution < 1.29 is 53.6 Å². The van der Waals surface area contributed by atoms with Crippen molar-refractivity contribution in [2.75, 3.05) is 74.5 Å². The molecule has 86 heavy (non-hydrogen) atoms. The summed E-state index contributed by atoms with van der Waals surface area (Å²) in [4.78, 5) is 56.6. The van der Waals surface area contributed by atoms with Gasteiger partial charge >= 0.3 is 0 Å². The normalized spacial score (nSPS) is 15.6. The van der Waals surface area contributed by atoms with Crippen molar-refractivity contribution in [3.63, 3.8) is 0 Å². The molecule has 2 fully saturated rings. The number of nitrogens with zero attached hydrogens (tertiary/aromatic N) is 6. The van der Waals surface area contributed by atoms with E-state index in [1.165, 1.54) is 45.6 Å². The molecule has 2 aromatic heterocycles. The number of carbonyl (C=O) groups excluding carboxylic acids is 4. The van der Waals surface area contributed by atoms with E-state index in [0.29, 0.717) is 81.7 Å². The van der Waals surface area contributed by atoms with E-state index in [1.54, 1.807) is 80.3 Å². The van der Waals surface area contributed by atoms with E-state index in [1.807, 2.05) is 43.3 Å². The van der Waals surface area contributed by atoms with Gasteiger partial charge in [0, 0.05) is 121 Å². The van der Waals surface area contributed by atoms with Gasteiger partial charge in [-0.3, -0.25) is 28.8 Å². The predicted octanol–water partition coefficient (Wildman–Crippen LogP) is 10.8. The molecule has 8 aromatic rings. The van der Waals surface area contributed by atoms with Crippen LogP contribution in [0.4, 0.5) is 20.2 Å². The van der Waals surface area contributed by atoms with Crippen molar-refractivity contribution in [3.05, 3.63) is 155 Å². The Morgan fingerprint density at radius 2 is 1.15 bits per heavy atom. The number of Topliss-reactive ketones (excluding diaryl/α,β-unsaturated/α-hetero) is 2. The topological polar surface area (TPSA) is 247 Å². The van der Waals surface area contributed by atoms with Crippen LogP contribution in [0.15, 0.2) is 130 Å². The van der Waals surface area contributed by atoms with Gasteiger partial charge in [-0.05, 0) is 110 Å². The van der Waals surface area contributed by atoms with Crippen molar-refractivity contribution in [1.29, 1.82) is 10.5 Å². The molecule has 0 bridgehead atoms. The zero-order valence-corrected chi connectivity index (χ0v) is 49.7. The Morgan fingerprint density at radius 1 is 0.640 bits per heavy atom. The molecule has 22 heteroatoms. The second-order valence-electron chi connectivity index (χ2n) is 20.7. The van der Waals surface area contributed by atoms with Crippen LogP contribution in [0.25, 0.3) is 66.8 Å². The molecule has 2 N–H and O–H groups in total. The van der Waals surface area contributed by atoms with E-state index in [4.69, 9.17) is 8.83 Å². The molecule has 2 saturated heterocycles. The molecule has 2 aliphatic rings. The summed E-state index contributed by atoms with van der Waals surface area (Å²) in [5.74, 6) is -1.07. The Morgan fingerprint density at radius 3 is 1.63 bits per heavy atom. The van der Waals surface area contributed by atoms with Gasteiger partial charge in [-0.15, -0.1) is 0 Å². The maximum atomic E-state index is 13.7. The number of carbonyl (C=O) groups is 4. The van der Waals surface area contributed by atoms with Crippen LogP contribution in [0.2, 0.25) is 0 Å². The van der Waals surface area contributed by atoms with Crippen molar-refractivity contribution in [2.45, 2.75) is 52.6 Å². The highest BCUT2D eigenvalue weighted by Gasteiger charge is 2.36. The average Bonchev–Trinajstić information content (AvgIpc) is 1.75. The third kappa shape index (κ3) is 12.8. The second kappa shape index (κ2) is 25.7. The first-order valence-corrected chi connectivity index (χ1v) is 31.6. The maximum Gasteiger partial charge on any atom is 0.254 e. The van der Waals surface area contributed by atoms with Crippen LogP contribution in [0.1, 0.15) is 82.0 Å². The molecule has 2 atom stereocenters. The van der Waals surface area contributed by atoms with Gasteiger partial charge in [0.05, 0.1) is 48.0 Å². The number of fused-ring (bicyclic) bond motifs is 2. The number of piperazine rings is 2. The molecule has 0 aliphatic carbocycles. The number of nitrogens with one attached hydrogen (secondary N) is 2. The molecule has 0 saturated carbocycles. The van der Waals surface area contributed by atoms with Gasteiger partial charge in [0.25, 0.3) is 11.8 Å². The summed E-state index contributed by atoms with van der Waals surface area (Å²) < 4.78 is 92.2. The lowest BCUT2D eigenvalue weighted by Crippen LogP contribution is -2.55. The van der Waals surface area contributed by atoms with Crippen molar-refractivity contribution in [1.82, 2.24) is 19.4 Å². The first-order chi connectivity index (χ1) is 41.1. The zero-order valence-electron chi connectivity index (χ0n) is 48.1.